The molecule has 0 saturated heterocycles. The van der Waals surface area contributed by atoms with Gasteiger partial charge in [0.15, 0.2) is 23.1 Å². The molecule has 0 aliphatic carbocycles. The van der Waals surface area contributed by atoms with Crippen LogP contribution >= 0.6 is 0 Å². The maximum atomic E-state index is 12.9. The van der Waals surface area contributed by atoms with Gasteiger partial charge in [-0.2, -0.15) is 5.26 Å². The quantitative estimate of drug-likeness (QED) is 0.727. The lowest BCUT2D eigenvalue weighted by Gasteiger charge is -2.11. The van der Waals surface area contributed by atoms with E-state index in [4.69, 9.17) is 9.47 Å². The number of nitrogens with zero attached hydrogens (tertiary/aromatic N) is 5. The molecule has 2 aromatic heterocycles. The molecule has 0 fully saturated rings. The minimum Gasteiger partial charge on any atom is -0.420 e. The summed E-state index contributed by atoms with van der Waals surface area (Å²) in [5, 5.41) is 9.20. The van der Waals surface area contributed by atoms with E-state index in [-0.39, 0.29) is 29.1 Å². The van der Waals surface area contributed by atoms with Gasteiger partial charge in [0, 0.05) is 0 Å². The zero-order valence-corrected chi connectivity index (χ0v) is 11.8. The van der Waals surface area contributed by atoms with Crippen LogP contribution in [-0.2, 0) is 0 Å². The number of benzene rings is 1. The SMILES string of the molecule is N#Cc1cccc(Oc2ncc(F)cn2)c1Oc1ncc(F)cn1. The maximum Gasteiger partial charge on any atom is 0.322 e. The fraction of sp³-hybridized carbons (Fsp3) is 0. The van der Waals surface area contributed by atoms with Crippen molar-refractivity contribution in [2.75, 3.05) is 0 Å². The molecule has 1 aromatic carbocycles. The van der Waals surface area contributed by atoms with E-state index in [1.165, 1.54) is 12.1 Å². The number of halogens is 2. The van der Waals surface area contributed by atoms with Gasteiger partial charge in [0.25, 0.3) is 0 Å². The van der Waals surface area contributed by atoms with E-state index in [1.807, 2.05) is 6.07 Å². The van der Waals surface area contributed by atoms with Gasteiger partial charge in [0.05, 0.1) is 30.4 Å². The standard InChI is InChI=1S/C15H7F2N5O2/c16-10-5-19-14(20-6-10)23-12-3-1-2-9(4-18)13(12)24-15-21-7-11(17)8-22-15/h1-3,5-8H. The molecule has 24 heavy (non-hydrogen) atoms. The van der Waals surface area contributed by atoms with Gasteiger partial charge in [0.1, 0.15) is 6.07 Å². The topological polar surface area (TPSA) is 93.8 Å². The number of hydrogen-bond donors (Lipinski definition) is 0. The number of nitriles is 1. The van der Waals surface area contributed by atoms with Crippen molar-refractivity contribution in [3.63, 3.8) is 0 Å². The minimum atomic E-state index is -0.632. The lowest BCUT2D eigenvalue weighted by Crippen LogP contribution is -1.98. The molecule has 0 bridgehead atoms. The van der Waals surface area contributed by atoms with Gasteiger partial charge in [-0.3, -0.25) is 0 Å². The first-order valence-electron chi connectivity index (χ1n) is 6.49. The van der Waals surface area contributed by atoms with Gasteiger partial charge in [-0.25, -0.2) is 28.7 Å². The summed E-state index contributed by atoms with van der Waals surface area (Å²) in [4.78, 5) is 14.6. The molecule has 3 aromatic rings. The monoisotopic (exact) mass is 327 g/mol. The Labute approximate surface area is 134 Å². The second-order valence-corrected chi connectivity index (χ2v) is 4.32. The van der Waals surface area contributed by atoms with Gasteiger partial charge in [-0.05, 0) is 12.1 Å². The Bertz CT molecular complexity index is 895. The van der Waals surface area contributed by atoms with Crippen LogP contribution in [0.25, 0.3) is 0 Å². The highest BCUT2D eigenvalue weighted by Gasteiger charge is 2.15. The molecule has 0 N–H and O–H groups in total. The fourth-order valence-electron chi connectivity index (χ4n) is 1.69. The van der Waals surface area contributed by atoms with Gasteiger partial charge in [-0.1, -0.05) is 6.07 Å². The van der Waals surface area contributed by atoms with Crippen LogP contribution in [0.3, 0.4) is 0 Å². The smallest absolute Gasteiger partial charge is 0.322 e. The zero-order valence-electron chi connectivity index (χ0n) is 11.8. The molecule has 0 amide bonds. The number of aromatic nitrogens is 4. The minimum absolute atomic E-state index is 0.000432. The van der Waals surface area contributed by atoms with E-state index in [2.05, 4.69) is 19.9 Å². The van der Waals surface area contributed by atoms with Crippen molar-refractivity contribution in [3.05, 3.63) is 60.2 Å². The molecule has 118 valence electrons. The molecular weight excluding hydrogens is 320 g/mol. The molecule has 7 nitrogen and oxygen atoms in total. The highest BCUT2D eigenvalue weighted by molar-refractivity contribution is 5.54. The highest BCUT2D eigenvalue weighted by atomic mass is 19.1. The van der Waals surface area contributed by atoms with E-state index >= 15 is 0 Å². The lowest BCUT2D eigenvalue weighted by molar-refractivity contribution is 0.379. The summed E-state index contributed by atoms with van der Waals surface area (Å²) >= 11 is 0. The van der Waals surface area contributed by atoms with E-state index in [0.717, 1.165) is 24.8 Å². The second-order valence-electron chi connectivity index (χ2n) is 4.32. The summed E-state index contributed by atoms with van der Waals surface area (Å²) in [6, 6.07) is 6.14. The predicted octanol–water partition coefficient (Wildman–Crippen LogP) is 3.00. The van der Waals surface area contributed by atoms with E-state index in [1.54, 1.807) is 6.07 Å². The summed E-state index contributed by atoms with van der Waals surface area (Å²) in [5.41, 5.74) is 0.127. The lowest BCUT2D eigenvalue weighted by atomic mass is 10.2. The Morgan fingerprint density at radius 3 is 1.92 bits per heavy atom. The number of hydrogen-bond acceptors (Lipinski definition) is 7. The molecule has 0 spiro atoms. The van der Waals surface area contributed by atoms with Crippen molar-refractivity contribution >= 4 is 0 Å². The largest absolute Gasteiger partial charge is 0.420 e. The van der Waals surface area contributed by atoms with E-state index in [0.29, 0.717) is 0 Å². The normalized spacial score (nSPS) is 10.0. The van der Waals surface area contributed by atoms with Crippen molar-refractivity contribution in [2.24, 2.45) is 0 Å². The molecule has 2 heterocycles. The third kappa shape index (κ3) is 3.38. The third-order valence-corrected chi connectivity index (χ3v) is 2.69. The summed E-state index contributed by atoms with van der Waals surface area (Å²) in [6.07, 6.45) is 3.70. The van der Waals surface area contributed by atoms with Gasteiger partial charge in [0.2, 0.25) is 0 Å². The van der Waals surface area contributed by atoms with Crippen LogP contribution in [-0.4, -0.2) is 19.9 Å². The Kier molecular flexibility index (Phi) is 4.20. The van der Waals surface area contributed by atoms with Crippen molar-refractivity contribution in [2.45, 2.75) is 0 Å². The van der Waals surface area contributed by atoms with Crippen LogP contribution in [0.1, 0.15) is 5.56 Å². The molecular formula is C15H7F2N5O2. The summed E-state index contributed by atoms with van der Waals surface area (Å²) < 4.78 is 36.5. The van der Waals surface area contributed by atoms with Gasteiger partial charge < -0.3 is 9.47 Å². The molecule has 0 aliphatic heterocycles. The Morgan fingerprint density at radius 1 is 0.833 bits per heavy atom. The first-order chi connectivity index (χ1) is 11.7. The number of para-hydroxylation sites is 1. The summed E-state index contributed by atoms with van der Waals surface area (Å²) in [6.45, 7) is 0. The molecule has 0 atom stereocenters. The maximum absolute atomic E-state index is 12.9. The second kappa shape index (κ2) is 6.62. The molecule has 9 heteroatoms. The average molecular weight is 327 g/mol. The first-order valence-corrected chi connectivity index (χ1v) is 6.49. The van der Waals surface area contributed by atoms with Crippen LogP contribution in [0.2, 0.25) is 0 Å². The first kappa shape index (κ1) is 15.2. The zero-order chi connectivity index (χ0) is 16.9. The van der Waals surface area contributed by atoms with Crippen LogP contribution in [0.5, 0.6) is 23.5 Å². The average Bonchev–Trinajstić information content (AvgIpc) is 2.60. The fourth-order valence-corrected chi connectivity index (χ4v) is 1.69. The number of ether oxygens (including phenoxy) is 2. The van der Waals surface area contributed by atoms with Crippen molar-refractivity contribution in [1.29, 1.82) is 5.26 Å². The highest BCUT2D eigenvalue weighted by Crippen LogP contribution is 2.35. The van der Waals surface area contributed by atoms with Crippen LogP contribution < -0.4 is 9.47 Å². The summed E-state index contributed by atoms with van der Waals surface area (Å²) in [7, 11) is 0. The van der Waals surface area contributed by atoms with E-state index in [9.17, 15) is 14.0 Å². The molecule has 0 unspecified atom stereocenters. The van der Waals surface area contributed by atoms with Crippen molar-refractivity contribution in [3.8, 4) is 29.6 Å². The molecule has 3 rings (SSSR count). The molecule has 0 aliphatic rings. The van der Waals surface area contributed by atoms with Crippen LogP contribution in [0, 0.1) is 23.0 Å². The Balaban J connectivity index is 1.95. The molecule has 0 saturated carbocycles. The predicted molar refractivity (Wildman–Crippen MR) is 75.3 cm³/mol. The Morgan fingerprint density at radius 2 is 1.38 bits per heavy atom. The van der Waals surface area contributed by atoms with Crippen LogP contribution in [0.4, 0.5) is 8.78 Å². The van der Waals surface area contributed by atoms with Gasteiger partial charge >= 0.3 is 12.0 Å². The number of rotatable bonds is 4. The molecule has 0 radical (unpaired) electrons. The summed E-state index contributed by atoms with van der Waals surface area (Å²) in [5.74, 6) is -1.16. The third-order valence-electron chi connectivity index (χ3n) is 2.69. The van der Waals surface area contributed by atoms with E-state index < -0.39 is 11.6 Å². The van der Waals surface area contributed by atoms with Gasteiger partial charge in [-0.15, -0.1) is 0 Å². The van der Waals surface area contributed by atoms with Crippen molar-refractivity contribution in [1.82, 2.24) is 19.9 Å². The van der Waals surface area contributed by atoms with Crippen molar-refractivity contribution < 1.29 is 18.3 Å². The Hall–Kier alpha value is -3.67. The van der Waals surface area contributed by atoms with Crippen LogP contribution in [0.15, 0.2) is 43.0 Å².